The summed E-state index contributed by atoms with van der Waals surface area (Å²) in [5, 5.41) is 3.65. The van der Waals surface area contributed by atoms with Crippen LogP contribution in [0.25, 0.3) is 0 Å². The Morgan fingerprint density at radius 3 is 2.89 bits per heavy atom. The fourth-order valence-corrected chi connectivity index (χ4v) is 3.55. The zero-order valence-corrected chi connectivity index (χ0v) is 16.9. The molecule has 1 aliphatic heterocycles. The van der Waals surface area contributed by atoms with Crippen LogP contribution in [0.4, 0.5) is 0 Å². The van der Waals surface area contributed by atoms with E-state index in [0.717, 1.165) is 44.6 Å². The molecule has 0 spiro atoms. The number of ether oxygens (including phenoxy) is 2. The Labute approximate surface area is 164 Å². The standard InChI is InChI=1S/C23H35NO3/c1-3-8-22(24-17-21-14-16-26-15-7-9-19(21)2)12-13-23(25)27-18-20-10-5-4-6-11-20/h3-6,8,10-11,19,21-22,24H,7,9,12-18H2,1-2H3/b8-3-/t19?,21?,22-/m1/s1. The number of nitrogens with one attached hydrogen (secondary N) is 1. The van der Waals surface area contributed by atoms with E-state index in [1.54, 1.807) is 0 Å². The second-order valence-corrected chi connectivity index (χ2v) is 7.51. The van der Waals surface area contributed by atoms with Crippen molar-refractivity contribution >= 4 is 5.97 Å². The molecule has 4 nitrogen and oxygen atoms in total. The summed E-state index contributed by atoms with van der Waals surface area (Å²) in [6.07, 6.45) is 8.88. The van der Waals surface area contributed by atoms with Gasteiger partial charge >= 0.3 is 5.97 Å². The molecule has 2 rings (SSSR count). The molecule has 4 heteroatoms. The maximum atomic E-state index is 12.1. The number of rotatable bonds is 9. The highest BCUT2D eigenvalue weighted by atomic mass is 16.5. The Morgan fingerprint density at radius 1 is 1.30 bits per heavy atom. The third kappa shape index (κ3) is 8.72. The molecule has 0 aromatic heterocycles. The Hall–Kier alpha value is -1.65. The molecule has 27 heavy (non-hydrogen) atoms. The molecule has 2 unspecified atom stereocenters. The van der Waals surface area contributed by atoms with Crippen molar-refractivity contribution < 1.29 is 14.3 Å². The molecule has 1 aromatic carbocycles. The predicted octanol–water partition coefficient (Wildman–Crippen LogP) is 4.50. The minimum Gasteiger partial charge on any atom is -0.461 e. The summed E-state index contributed by atoms with van der Waals surface area (Å²) >= 11 is 0. The summed E-state index contributed by atoms with van der Waals surface area (Å²) in [7, 11) is 0. The molecular weight excluding hydrogens is 338 g/mol. The average Bonchev–Trinajstić information content (AvgIpc) is 2.67. The van der Waals surface area contributed by atoms with Gasteiger partial charge in [0, 0.05) is 25.7 Å². The van der Waals surface area contributed by atoms with Gasteiger partial charge in [-0.3, -0.25) is 4.79 Å². The van der Waals surface area contributed by atoms with Crippen LogP contribution < -0.4 is 5.32 Å². The van der Waals surface area contributed by atoms with Gasteiger partial charge in [-0.05, 0) is 56.6 Å². The smallest absolute Gasteiger partial charge is 0.306 e. The van der Waals surface area contributed by atoms with E-state index < -0.39 is 0 Å². The van der Waals surface area contributed by atoms with Crippen LogP contribution in [0.2, 0.25) is 0 Å². The largest absolute Gasteiger partial charge is 0.461 e. The minimum atomic E-state index is -0.136. The molecule has 1 saturated heterocycles. The zero-order chi connectivity index (χ0) is 19.3. The zero-order valence-electron chi connectivity index (χ0n) is 16.9. The first-order valence-electron chi connectivity index (χ1n) is 10.3. The highest BCUT2D eigenvalue weighted by Crippen LogP contribution is 2.23. The van der Waals surface area contributed by atoms with Crippen molar-refractivity contribution in [1.29, 1.82) is 0 Å². The van der Waals surface area contributed by atoms with Crippen LogP contribution >= 0.6 is 0 Å². The molecule has 150 valence electrons. The Bertz CT molecular complexity index is 558. The second kappa shape index (κ2) is 12.7. The first kappa shape index (κ1) is 21.6. The van der Waals surface area contributed by atoms with Crippen molar-refractivity contribution in [3.05, 3.63) is 48.0 Å². The fourth-order valence-electron chi connectivity index (χ4n) is 3.55. The number of hydrogen-bond donors (Lipinski definition) is 1. The van der Waals surface area contributed by atoms with Gasteiger partial charge in [-0.25, -0.2) is 0 Å². The van der Waals surface area contributed by atoms with Crippen LogP contribution in [0, 0.1) is 11.8 Å². The summed E-state index contributed by atoms with van der Waals surface area (Å²) in [4.78, 5) is 12.1. The van der Waals surface area contributed by atoms with E-state index in [9.17, 15) is 4.79 Å². The van der Waals surface area contributed by atoms with Gasteiger partial charge in [-0.1, -0.05) is 49.4 Å². The van der Waals surface area contributed by atoms with E-state index in [2.05, 4.69) is 24.4 Å². The molecule has 0 bridgehead atoms. The van der Waals surface area contributed by atoms with Gasteiger partial charge in [0.25, 0.3) is 0 Å². The van der Waals surface area contributed by atoms with Crippen LogP contribution in [0.15, 0.2) is 42.5 Å². The van der Waals surface area contributed by atoms with Gasteiger partial charge < -0.3 is 14.8 Å². The van der Waals surface area contributed by atoms with Crippen LogP contribution in [0.5, 0.6) is 0 Å². The Morgan fingerprint density at radius 2 is 2.11 bits per heavy atom. The molecule has 1 N–H and O–H groups in total. The van der Waals surface area contributed by atoms with E-state index in [1.165, 1.54) is 6.42 Å². The third-order valence-corrected chi connectivity index (χ3v) is 5.35. The first-order valence-corrected chi connectivity index (χ1v) is 10.3. The lowest BCUT2D eigenvalue weighted by molar-refractivity contribution is -0.145. The van der Waals surface area contributed by atoms with Crippen molar-refractivity contribution in [3.63, 3.8) is 0 Å². The summed E-state index contributed by atoms with van der Waals surface area (Å²) < 4.78 is 11.0. The quantitative estimate of drug-likeness (QED) is 0.511. The van der Waals surface area contributed by atoms with E-state index in [4.69, 9.17) is 9.47 Å². The molecule has 0 saturated carbocycles. The molecule has 0 radical (unpaired) electrons. The maximum absolute atomic E-state index is 12.1. The lowest BCUT2D eigenvalue weighted by atomic mass is 9.86. The lowest BCUT2D eigenvalue weighted by Gasteiger charge is -2.28. The number of carbonyl (C=O) groups excluding carboxylic acids is 1. The molecule has 1 fully saturated rings. The van der Waals surface area contributed by atoms with Crippen LogP contribution in [0.3, 0.4) is 0 Å². The van der Waals surface area contributed by atoms with Crippen molar-refractivity contribution in [2.75, 3.05) is 19.8 Å². The molecule has 0 aliphatic carbocycles. The average molecular weight is 374 g/mol. The number of hydrogen-bond acceptors (Lipinski definition) is 4. The topological polar surface area (TPSA) is 47.6 Å². The van der Waals surface area contributed by atoms with Gasteiger partial charge in [0.15, 0.2) is 0 Å². The van der Waals surface area contributed by atoms with Gasteiger partial charge in [0.1, 0.15) is 6.61 Å². The van der Waals surface area contributed by atoms with Gasteiger partial charge in [0.05, 0.1) is 0 Å². The Kier molecular flexibility index (Phi) is 10.2. The molecule has 0 amide bonds. The van der Waals surface area contributed by atoms with E-state index in [-0.39, 0.29) is 12.0 Å². The Balaban J connectivity index is 1.72. The van der Waals surface area contributed by atoms with Gasteiger partial charge in [-0.15, -0.1) is 0 Å². The normalized spacial score (nSPS) is 22.1. The predicted molar refractivity (Wildman–Crippen MR) is 109 cm³/mol. The number of carbonyl (C=O) groups is 1. The molecular formula is C23H35NO3. The van der Waals surface area contributed by atoms with Crippen molar-refractivity contribution in [3.8, 4) is 0 Å². The summed E-state index contributed by atoms with van der Waals surface area (Å²) in [5.41, 5.74) is 1.02. The summed E-state index contributed by atoms with van der Waals surface area (Å²) in [6, 6.07) is 10.0. The highest BCUT2D eigenvalue weighted by Gasteiger charge is 2.20. The summed E-state index contributed by atoms with van der Waals surface area (Å²) in [6.45, 7) is 7.45. The summed E-state index contributed by atoms with van der Waals surface area (Å²) in [5.74, 6) is 1.20. The molecule has 1 aliphatic rings. The second-order valence-electron chi connectivity index (χ2n) is 7.51. The van der Waals surface area contributed by atoms with Gasteiger partial charge in [-0.2, -0.15) is 0 Å². The SMILES string of the molecule is C/C=C\[C@H](CCC(=O)OCc1ccccc1)NCC1CCOCCCC1C. The molecule has 1 heterocycles. The van der Waals surface area contributed by atoms with E-state index in [1.807, 2.05) is 37.3 Å². The van der Waals surface area contributed by atoms with Crippen molar-refractivity contribution in [1.82, 2.24) is 5.32 Å². The van der Waals surface area contributed by atoms with E-state index >= 15 is 0 Å². The van der Waals surface area contributed by atoms with Crippen LogP contribution in [0.1, 0.15) is 51.5 Å². The number of benzene rings is 1. The number of allylic oxidation sites excluding steroid dienone is 1. The van der Waals surface area contributed by atoms with Crippen molar-refractivity contribution in [2.45, 2.75) is 58.6 Å². The van der Waals surface area contributed by atoms with Gasteiger partial charge in [0.2, 0.25) is 0 Å². The first-order chi connectivity index (χ1) is 13.2. The maximum Gasteiger partial charge on any atom is 0.306 e. The van der Waals surface area contributed by atoms with Crippen LogP contribution in [-0.4, -0.2) is 31.8 Å². The minimum absolute atomic E-state index is 0.136. The molecule has 1 aromatic rings. The lowest BCUT2D eigenvalue weighted by Crippen LogP contribution is -2.36. The molecule has 3 atom stereocenters. The van der Waals surface area contributed by atoms with Crippen molar-refractivity contribution in [2.24, 2.45) is 11.8 Å². The highest BCUT2D eigenvalue weighted by molar-refractivity contribution is 5.69. The fraction of sp³-hybridized carbons (Fsp3) is 0.609. The van der Waals surface area contributed by atoms with Crippen LogP contribution in [-0.2, 0) is 20.9 Å². The monoisotopic (exact) mass is 373 g/mol. The third-order valence-electron chi connectivity index (χ3n) is 5.35. The van der Waals surface area contributed by atoms with E-state index in [0.29, 0.717) is 24.9 Å². The number of esters is 1.